The van der Waals surface area contributed by atoms with Crippen LogP contribution in [0.25, 0.3) is 21.8 Å². The number of nitrogens with one attached hydrogen (secondary N) is 1. The van der Waals surface area contributed by atoms with Crippen molar-refractivity contribution >= 4 is 40.0 Å². The molecule has 0 bridgehead atoms. The number of ether oxygens (including phenoxy) is 2. The summed E-state index contributed by atoms with van der Waals surface area (Å²) in [5.74, 6) is 0.709. The quantitative estimate of drug-likeness (QED) is 0.124. The number of rotatable bonds is 12. The van der Waals surface area contributed by atoms with E-state index in [1.165, 1.54) is 28.7 Å². The van der Waals surface area contributed by atoms with E-state index >= 15 is 0 Å². The van der Waals surface area contributed by atoms with E-state index in [0.717, 1.165) is 22.4 Å². The van der Waals surface area contributed by atoms with Gasteiger partial charge in [0.1, 0.15) is 10.8 Å². The number of benzene rings is 3. The van der Waals surface area contributed by atoms with Gasteiger partial charge < -0.3 is 19.4 Å². The summed E-state index contributed by atoms with van der Waals surface area (Å²) in [4.78, 5) is 26.7. The van der Waals surface area contributed by atoms with Crippen LogP contribution < -0.4 is 10.1 Å². The first-order chi connectivity index (χ1) is 20.6. The molecule has 0 aliphatic carbocycles. The molecule has 0 saturated carbocycles. The van der Waals surface area contributed by atoms with Gasteiger partial charge in [0.25, 0.3) is 0 Å². The fourth-order valence-electron chi connectivity index (χ4n) is 4.39. The van der Waals surface area contributed by atoms with Gasteiger partial charge in [-0.15, -0.1) is 21.5 Å². The van der Waals surface area contributed by atoms with Gasteiger partial charge in [-0.25, -0.2) is 4.79 Å². The van der Waals surface area contributed by atoms with Gasteiger partial charge in [-0.1, -0.05) is 84.6 Å². The van der Waals surface area contributed by atoms with Gasteiger partial charge in [0.15, 0.2) is 11.0 Å². The summed E-state index contributed by atoms with van der Waals surface area (Å²) >= 11 is 2.63. The predicted molar refractivity (Wildman–Crippen MR) is 167 cm³/mol. The minimum absolute atomic E-state index is 0.0796. The maximum atomic E-state index is 13.2. The summed E-state index contributed by atoms with van der Waals surface area (Å²) in [6, 6.07) is 29.3. The van der Waals surface area contributed by atoms with Crippen LogP contribution in [0.4, 0.5) is 5.00 Å². The molecule has 0 aliphatic heterocycles. The fourth-order valence-corrected chi connectivity index (χ4v) is 6.23. The molecule has 1 N–H and O–H groups in total. The zero-order valence-electron chi connectivity index (χ0n) is 23.3. The second-order valence-electron chi connectivity index (χ2n) is 9.17. The summed E-state index contributed by atoms with van der Waals surface area (Å²) in [5, 5.41) is 12.9. The molecule has 2 aromatic heterocycles. The number of aryl methyl sites for hydroxylation is 1. The van der Waals surface area contributed by atoms with E-state index in [-0.39, 0.29) is 18.3 Å². The molecular weight excluding hydrogens is 569 g/mol. The second-order valence-corrected chi connectivity index (χ2v) is 11.2. The van der Waals surface area contributed by atoms with Crippen LogP contribution in [0.5, 0.6) is 5.75 Å². The Kier molecular flexibility index (Phi) is 9.68. The summed E-state index contributed by atoms with van der Waals surface area (Å²) in [5.41, 5.74) is 3.30. The number of thioether (sulfide) groups is 1. The molecule has 0 fully saturated rings. The Morgan fingerprint density at radius 1 is 0.952 bits per heavy atom. The molecule has 0 radical (unpaired) electrons. The Morgan fingerprint density at radius 2 is 1.67 bits per heavy atom. The Balaban J connectivity index is 1.36. The van der Waals surface area contributed by atoms with Crippen molar-refractivity contribution < 1.29 is 19.1 Å². The van der Waals surface area contributed by atoms with Crippen molar-refractivity contribution in [3.63, 3.8) is 0 Å². The number of carbonyl (C=O) groups excluding carboxylic acids is 2. The maximum absolute atomic E-state index is 13.2. The highest BCUT2D eigenvalue weighted by molar-refractivity contribution is 7.99. The van der Waals surface area contributed by atoms with Crippen molar-refractivity contribution in [2.75, 3.05) is 24.8 Å². The molecular formula is C32H30N4O4S2. The predicted octanol–water partition coefficient (Wildman–Crippen LogP) is 6.83. The molecule has 42 heavy (non-hydrogen) atoms. The van der Waals surface area contributed by atoms with E-state index in [2.05, 4.69) is 27.6 Å². The van der Waals surface area contributed by atoms with E-state index in [1.54, 1.807) is 20.1 Å². The van der Waals surface area contributed by atoms with Crippen LogP contribution in [0.15, 0.2) is 96.2 Å². The number of methoxy groups -OCH3 is 1. The van der Waals surface area contributed by atoms with Crippen molar-refractivity contribution in [3.05, 3.63) is 102 Å². The molecule has 0 atom stereocenters. The Labute approximate surface area is 252 Å². The zero-order valence-corrected chi connectivity index (χ0v) is 24.9. The molecule has 0 saturated heterocycles. The van der Waals surface area contributed by atoms with Crippen LogP contribution >= 0.6 is 23.1 Å². The van der Waals surface area contributed by atoms with E-state index in [1.807, 2.05) is 77.4 Å². The lowest BCUT2D eigenvalue weighted by molar-refractivity contribution is -0.113. The summed E-state index contributed by atoms with van der Waals surface area (Å²) in [7, 11) is 1.63. The zero-order chi connectivity index (χ0) is 29.3. The third kappa shape index (κ3) is 6.89. The van der Waals surface area contributed by atoms with Crippen LogP contribution in [-0.4, -0.2) is 46.1 Å². The Bertz CT molecular complexity index is 1650. The van der Waals surface area contributed by atoms with E-state index < -0.39 is 5.97 Å². The number of hydrogen-bond donors (Lipinski definition) is 1. The number of amides is 1. The average Bonchev–Trinajstić information content (AvgIpc) is 3.64. The first-order valence-corrected chi connectivity index (χ1v) is 15.3. The second kappa shape index (κ2) is 14.0. The van der Waals surface area contributed by atoms with E-state index in [4.69, 9.17) is 9.47 Å². The number of esters is 1. The van der Waals surface area contributed by atoms with Crippen LogP contribution in [0, 0.1) is 0 Å². The van der Waals surface area contributed by atoms with E-state index in [0.29, 0.717) is 33.8 Å². The summed E-state index contributed by atoms with van der Waals surface area (Å²) < 4.78 is 12.9. The molecule has 214 valence electrons. The van der Waals surface area contributed by atoms with Gasteiger partial charge in [0.2, 0.25) is 5.91 Å². The first-order valence-electron chi connectivity index (χ1n) is 13.5. The first kappa shape index (κ1) is 29.1. The highest BCUT2D eigenvalue weighted by Gasteiger charge is 2.22. The summed E-state index contributed by atoms with van der Waals surface area (Å²) in [6.07, 6.45) is 0.765. The van der Waals surface area contributed by atoms with Crippen LogP contribution in [0.3, 0.4) is 0 Å². The number of anilines is 1. The number of carbonyl (C=O) groups is 2. The lowest BCUT2D eigenvalue weighted by atomic mass is 10.1. The van der Waals surface area contributed by atoms with Crippen LogP contribution in [0.2, 0.25) is 0 Å². The molecule has 0 unspecified atom stereocenters. The molecule has 5 aromatic rings. The highest BCUT2D eigenvalue weighted by Crippen LogP contribution is 2.36. The molecule has 1 amide bonds. The largest absolute Gasteiger partial charge is 0.496 e. The normalized spacial score (nSPS) is 10.8. The SMILES string of the molecule is CCOC(=O)c1cc(-c2ccccc2)sc1NC(=O)CSc1nnc(-c2ccccc2OC)n1CCc1ccccc1. The third-order valence-electron chi connectivity index (χ3n) is 6.40. The third-order valence-corrected chi connectivity index (χ3v) is 8.47. The number of aromatic nitrogens is 3. The standard InChI is InChI=1S/C32H30N4O4S2/c1-3-40-31(38)25-20-27(23-14-8-5-9-15-23)42-30(25)33-28(37)21-41-32-35-34-29(24-16-10-11-17-26(24)39-2)36(32)19-18-22-12-6-4-7-13-22/h4-17,20H,3,18-19,21H2,1-2H3,(H,33,37). The molecule has 0 spiro atoms. The lowest BCUT2D eigenvalue weighted by Crippen LogP contribution is -2.16. The maximum Gasteiger partial charge on any atom is 0.341 e. The monoisotopic (exact) mass is 598 g/mol. The van der Waals surface area contributed by atoms with Crippen molar-refractivity contribution in [1.82, 2.24) is 14.8 Å². The van der Waals surface area contributed by atoms with Crippen molar-refractivity contribution in [3.8, 4) is 27.6 Å². The molecule has 5 rings (SSSR count). The highest BCUT2D eigenvalue weighted by atomic mass is 32.2. The van der Waals surface area contributed by atoms with Crippen molar-refractivity contribution in [2.45, 2.75) is 25.0 Å². The van der Waals surface area contributed by atoms with Crippen molar-refractivity contribution in [2.24, 2.45) is 0 Å². The molecule has 8 nitrogen and oxygen atoms in total. The average molecular weight is 599 g/mol. The molecule has 3 aromatic carbocycles. The smallest absolute Gasteiger partial charge is 0.341 e. The fraction of sp³-hybridized carbons (Fsp3) is 0.188. The Morgan fingerprint density at radius 3 is 2.40 bits per heavy atom. The van der Waals surface area contributed by atoms with Gasteiger partial charge in [0, 0.05) is 11.4 Å². The van der Waals surface area contributed by atoms with Crippen LogP contribution in [-0.2, 0) is 22.5 Å². The number of thiophene rings is 1. The lowest BCUT2D eigenvalue weighted by Gasteiger charge is -2.12. The van der Waals surface area contributed by atoms with E-state index in [9.17, 15) is 9.59 Å². The van der Waals surface area contributed by atoms with Gasteiger partial charge >= 0.3 is 5.97 Å². The van der Waals surface area contributed by atoms with Gasteiger partial charge in [-0.3, -0.25) is 4.79 Å². The van der Waals surface area contributed by atoms with Gasteiger partial charge in [-0.05, 0) is 42.7 Å². The minimum atomic E-state index is -0.471. The van der Waals surface area contributed by atoms with Crippen LogP contribution in [0.1, 0.15) is 22.8 Å². The number of nitrogens with zero attached hydrogens (tertiary/aromatic N) is 3. The Hall–Kier alpha value is -4.41. The molecule has 0 aliphatic rings. The number of hydrogen-bond acceptors (Lipinski definition) is 8. The topological polar surface area (TPSA) is 95.3 Å². The van der Waals surface area contributed by atoms with Gasteiger partial charge in [-0.2, -0.15) is 0 Å². The minimum Gasteiger partial charge on any atom is -0.496 e. The number of para-hydroxylation sites is 1. The van der Waals surface area contributed by atoms with Crippen molar-refractivity contribution in [1.29, 1.82) is 0 Å². The molecule has 2 heterocycles. The molecule has 10 heteroatoms. The van der Waals surface area contributed by atoms with Gasteiger partial charge in [0.05, 0.1) is 30.6 Å². The summed E-state index contributed by atoms with van der Waals surface area (Å²) in [6.45, 7) is 2.61.